The summed E-state index contributed by atoms with van der Waals surface area (Å²) in [7, 11) is 3.18. The van der Waals surface area contributed by atoms with E-state index in [4.69, 9.17) is 25.4 Å². The maximum atomic E-state index is 13.7. The van der Waals surface area contributed by atoms with Gasteiger partial charge in [-0.15, -0.1) is 0 Å². The van der Waals surface area contributed by atoms with E-state index in [1.807, 2.05) is 73.7 Å². The highest BCUT2D eigenvalue weighted by atomic mass is 16.5. The van der Waals surface area contributed by atoms with Crippen molar-refractivity contribution in [3.05, 3.63) is 95.7 Å². The lowest BCUT2D eigenvalue weighted by Gasteiger charge is -2.30. The van der Waals surface area contributed by atoms with Gasteiger partial charge in [0.15, 0.2) is 11.5 Å². The van der Waals surface area contributed by atoms with E-state index in [9.17, 15) is 4.79 Å². The fourth-order valence-electron chi connectivity index (χ4n) is 5.49. The van der Waals surface area contributed by atoms with Gasteiger partial charge in [0.2, 0.25) is 5.78 Å². The molecular weight excluding hydrogens is 528 g/mol. The zero-order chi connectivity index (χ0) is 29.4. The first-order chi connectivity index (χ1) is 20.3. The van der Waals surface area contributed by atoms with E-state index in [2.05, 4.69) is 9.97 Å². The van der Waals surface area contributed by atoms with Crippen LogP contribution in [0.3, 0.4) is 0 Å². The molecule has 2 aromatic heterocycles. The minimum absolute atomic E-state index is 0.123. The van der Waals surface area contributed by atoms with Crippen LogP contribution in [0.5, 0.6) is 11.5 Å². The molecular formula is C33H32N6O3. The number of aromatic nitrogens is 4. The van der Waals surface area contributed by atoms with Crippen molar-refractivity contribution < 1.29 is 14.3 Å². The van der Waals surface area contributed by atoms with E-state index in [0.29, 0.717) is 36.0 Å². The van der Waals surface area contributed by atoms with Gasteiger partial charge in [-0.05, 0) is 43.5 Å². The molecule has 1 fully saturated rings. The molecule has 2 aromatic carbocycles. The Morgan fingerprint density at radius 2 is 1.79 bits per heavy atom. The van der Waals surface area contributed by atoms with Crippen LogP contribution in [-0.4, -0.2) is 51.2 Å². The van der Waals surface area contributed by atoms with Crippen LogP contribution in [0.25, 0.3) is 16.6 Å². The number of carbonyl (C=O) groups excluding carboxylic acids is 1. The number of carbonyl (C=O) groups is 1. The Morgan fingerprint density at radius 3 is 2.50 bits per heavy atom. The third kappa shape index (κ3) is 5.02. The van der Waals surface area contributed by atoms with E-state index in [0.717, 1.165) is 46.4 Å². The van der Waals surface area contributed by atoms with Crippen molar-refractivity contribution in [1.82, 2.24) is 19.7 Å². The molecule has 0 aliphatic heterocycles. The molecule has 1 unspecified atom stereocenters. The second kappa shape index (κ2) is 10.8. The Labute approximate surface area is 243 Å². The van der Waals surface area contributed by atoms with Crippen molar-refractivity contribution in [2.75, 3.05) is 14.2 Å². The van der Waals surface area contributed by atoms with Gasteiger partial charge in [0.1, 0.15) is 12.0 Å². The van der Waals surface area contributed by atoms with E-state index < -0.39 is 11.2 Å². The summed E-state index contributed by atoms with van der Waals surface area (Å²) in [5.41, 5.74) is 3.42. The molecule has 0 spiro atoms. The van der Waals surface area contributed by atoms with Crippen LogP contribution in [0.4, 0.5) is 0 Å². The number of nitrogens with one attached hydrogen (secondary N) is 2. The zero-order valence-electron chi connectivity index (χ0n) is 23.8. The fourth-order valence-corrected chi connectivity index (χ4v) is 5.49. The van der Waals surface area contributed by atoms with Crippen molar-refractivity contribution >= 4 is 28.1 Å². The number of hydrogen-bond acceptors (Lipinski definition) is 8. The van der Waals surface area contributed by atoms with Crippen molar-refractivity contribution in [1.29, 1.82) is 10.8 Å². The number of Topliss-reactive ketones (excluding diaryl/α,β-unsaturated/α-hetero) is 1. The van der Waals surface area contributed by atoms with Crippen LogP contribution in [0.1, 0.15) is 49.2 Å². The van der Waals surface area contributed by atoms with Gasteiger partial charge in [0.05, 0.1) is 48.2 Å². The molecule has 0 saturated heterocycles. The first-order valence-electron chi connectivity index (χ1n) is 13.9. The van der Waals surface area contributed by atoms with Gasteiger partial charge in [-0.25, -0.2) is 14.6 Å². The lowest BCUT2D eigenvalue weighted by Crippen LogP contribution is -2.38. The predicted molar refractivity (Wildman–Crippen MR) is 161 cm³/mol. The molecule has 4 aromatic rings. The Balaban J connectivity index is 1.24. The number of para-hydroxylation sites is 1. The van der Waals surface area contributed by atoms with Gasteiger partial charge >= 0.3 is 0 Å². The molecule has 6 rings (SSSR count). The van der Waals surface area contributed by atoms with E-state index in [1.54, 1.807) is 18.9 Å². The number of ether oxygens (including phenoxy) is 2. The average molecular weight is 561 g/mol. The average Bonchev–Trinajstić information content (AvgIpc) is 3.77. The minimum atomic E-state index is -0.881. The van der Waals surface area contributed by atoms with Gasteiger partial charge < -0.3 is 14.9 Å². The Hall–Kier alpha value is -4.92. The van der Waals surface area contributed by atoms with Crippen molar-refractivity contribution in [3.63, 3.8) is 0 Å². The number of fused-ring (bicyclic) bond motifs is 1. The van der Waals surface area contributed by atoms with Gasteiger partial charge in [-0.2, -0.15) is 5.10 Å². The van der Waals surface area contributed by atoms with Gasteiger partial charge in [-0.3, -0.25) is 10.2 Å². The first kappa shape index (κ1) is 27.3. The van der Waals surface area contributed by atoms with Crippen molar-refractivity contribution in [3.8, 4) is 17.2 Å². The second-order valence-corrected chi connectivity index (χ2v) is 11.1. The number of methoxy groups -OCH3 is 2. The van der Waals surface area contributed by atoms with Crippen LogP contribution in [0, 0.1) is 16.2 Å². The molecule has 212 valence electrons. The topological polar surface area (TPSA) is 127 Å². The fraction of sp³-hybridized carbons (Fsp3) is 0.273. The largest absolute Gasteiger partial charge is 0.493 e. The van der Waals surface area contributed by atoms with Gasteiger partial charge in [0.25, 0.3) is 0 Å². The van der Waals surface area contributed by atoms with Crippen LogP contribution in [0.15, 0.2) is 78.7 Å². The Morgan fingerprint density at radius 1 is 1.05 bits per heavy atom. The monoisotopic (exact) mass is 560 g/mol. The summed E-state index contributed by atoms with van der Waals surface area (Å²) < 4.78 is 12.6. The van der Waals surface area contributed by atoms with E-state index in [-0.39, 0.29) is 11.4 Å². The molecule has 2 N–H and O–H groups in total. The molecule has 0 radical (unpaired) electrons. The number of nitrogens with zero attached hydrogens (tertiary/aromatic N) is 4. The van der Waals surface area contributed by atoms with Crippen LogP contribution in [-0.2, 0) is 11.2 Å². The van der Waals surface area contributed by atoms with E-state index >= 15 is 0 Å². The van der Waals surface area contributed by atoms with Crippen LogP contribution < -0.4 is 9.47 Å². The maximum Gasteiger partial charge on any atom is 0.227 e. The smallest absolute Gasteiger partial charge is 0.227 e. The summed E-state index contributed by atoms with van der Waals surface area (Å²) in [5, 5.41) is 23.5. The Bertz CT molecular complexity index is 1780. The summed E-state index contributed by atoms with van der Waals surface area (Å²) >= 11 is 0. The van der Waals surface area contributed by atoms with Crippen molar-refractivity contribution in [2.45, 2.75) is 38.5 Å². The highest BCUT2D eigenvalue weighted by Crippen LogP contribution is 2.40. The normalized spacial score (nSPS) is 18.0. The van der Waals surface area contributed by atoms with Crippen LogP contribution in [0.2, 0.25) is 0 Å². The third-order valence-corrected chi connectivity index (χ3v) is 8.01. The summed E-state index contributed by atoms with van der Waals surface area (Å²) in [6, 6.07) is 15.1. The number of ketones is 1. The Kier molecular flexibility index (Phi) is 7.02. The standard InChI is InChI=1S/C33H32N6O3/c1-33(13-7-8-20(18-33)14-25-23-15-28(41-2)29(42-3)17-26(23)37-19-36-25)32(35)31(40)30(34)27-16-24(21-11-12-21)38-39(27)22-9-5-4-6-10-22/h4-10,13,15-17,19,21,34-35H,11-12,14,18H2,1-3H3. The molecule has 0 bridgehead atoms. The minimum Gasteiger partial charge on any atom is -0.493 e. The highest BCUT2D eigenvalue weighted by molar-refractivity contribution is 6.69. The number of rotatable bonds is 10. The number of allylic oxidation sites excluding steroid dienone is 4. The molecule has 1 saturated carbocycles. The molecule has 9 nitrogen and oxygen atoms in total. The summed E-state index contributed by atoms with van der Waals surface area (Å²) in [6.07, 6.45) is 10.4. The van der Waals surface area contributed by atoms with Crippen molar-refractivity contribution in [2.24, 2.45) is 5.41 Å². The molecule has 2 aliphatic carbocycles. The number of benzene rings is 2. The molecule has 2 aliphatic rings. The first-order valence-corrected chi connectivity index (χ1v) is 13.9. The quantitative estimate of drug-likeness (QED) is 0.236. The molecule has 0 amide bonds. The highest BCUT2D eigenvalue weighted by Gasteiger charge is 2.37. The molecule has 9 heteroatoms. The lowest BCUT2D eigenvalue weighted by molar-refractivity contribution is -0.107. The lowest BCUT2D eigenvalue weighted by atomic mass is 9.73. The van der Waals surface area contributed by atoms with E-state index in [1.165, 1.54) is 6.33 Å². The maximum absolute atomic E-state index is 13.7. The molecule has 42 heavy (non-hydrogen) atoms. The van der Waals surface area contributed by atoms with Crippen LogP contribution >= 0.6 is 0 Å². The second-order valence-electron chi connectivity index (χ2n) is 11.1. The molecule has 2 heterocycles. The predicted octanol–water partition coefficient (Wildman–Crippen LogP) is 5.80. The number of hydrogen-bond donors (Lipinski definition) is 2. The summed E-state index contributed by atoms with van der Waals surface area (Å²) in [4.78, 5) is 22.7. The summed E-state index contributed by atoms with van der Waals surface area (Å²) in [6.45, 7) is 1.88. The third-order valence-electron chi connectivity index (χ3n) is 8.01. The molecule has 1 atom stereocenters. The SMILES string of the molecule is COc1cc2ncnc(CC3=CC=CC(C)(C(=N)C(=O)C(=N)c4cc(C5CC5)nn4-c4ccccc4)C3)c2cc1OC. The zero-order valence-corrected chi connectivity index (χ0v) is 23.8. The van der Waals surface area contributed by atoms with Gasteiger partial charge in [0, 0.05) is 29.2 Å². The van der Waals surface area contributed by atoms with Gasteiger partial charge in [-0.1, -0.05) is 48.9 Å². The summed E-state index contributed by atoms with van der Waals surface area (Å²) in [5.74, 6) is 0.942.